The standard InChI is InChI=1S/C23H24ClN3O3S/c1-16-11-17-3-2-4-22(23(17)25-13-16)31(28,29)26-9-7-20(8-10-26)27-15-30-14-18-12-19(24)5-6-21(18)27/h2-6,11-13,20H,7-10,14-15H2,1H3. The fraction of sp³-hybridized carbons (Fsp3) is 0.348. The maximum atomic E-state index is 13.4. The van der Waals surface area contributed by atoms with Crippen LogP contribution in [0.3, 0.4) is 0 Å². The van der Waals surface area contributed by atoms with Crippen LogP contribution in [-0.4, -0.2) is 43.6 Å². The highest BCUT2D eigenvalue weighted by Gasteiger charge is 2.34. The van der Waals surface area contributed by atoms with Crippen molar-refractivity contribution < 1.29 is 13.2 Å². The Balaban J connectivity index is 1.37. The lowest BCUT2D eigenvalue weighted by Crippen LogP contribution is -2.48. The van der Waals surface area contributed by atoms with E-state index >= 15 is 0 Å². The number of ether oxygens (including phenoxy) is 1. The van der Waals surface area contributed by atoms with Crippen LogP contribution in [0.25, 0.3) is 10.9 Å². The van der Waals surface area contributed by atoms with E-state index in [4.69, 9.17) is 16.3 Å². The molecule has 0 saturated carbocycles. The number of fused-ring (bicyclic) bond motifs is 2. The molecule has 2 aliphatic rings. The van der Waals surface area contributed by atoms with Crippen molar-refractivity contribution in [2.24, 2.45) is 0 Å². The Labute approximate surface area is 187 Å². The fourth-order valence-corrected chi connectivity index (χ4v) is 6.39. The normalized spacial score (nSPS) is 18.3. The summed E-state index contributed by atoms with van der Waals surface area (Å²) in [6.07, 6.45) is 3.19. The Morgan fingerprint density at radius 3 is 2.74 bits per heavy atom. The molecule has 0 unspecified atom stereocenters. The quantitative estimate of drug-likeness (QED) is 0.585. The molecule has 0 aliphatic carbocycles. The minimum Gasteiger partial charge on any atom is -0.356 e. The molecule has 1 saturated heterocycles. The van der Waals surface area contributed by atoms with E-state index in [1.807, 2.05) is 37.3 Å². The van der Waals surface area contributed by atoms with E-state index in [0.29, 0.717) is 37.0 Å². The highest BCUT2D eigenvalue weighted by Crippen LogP contribution is 2.34. The highest BCUT2D eigenvalue weighted by atomic mass is 35.5. The van der Waals surface area contributed by atoms with Gasteiger partial charge in [-0.25, -0.2) is 8.42 Å². The van der Waals surface area contributed by atoms with Crippen molar-refractivity contribution in [3.05, 3.63) is 64.8 Å². The minimum atomic E-state index is -3.62. The number of pyridine rings is 1. The maximum absolute atomic E-state index is 13.4. The van der Waals surface area contributed by atoms with Crippen molar-refractivity contribution in [1.82, 2.24) is 9.29 Å². The summed E-state index contributed by atoms with van der Waals surface area (Å²) in [5.41, 5.74) is 3.75. The van der Waals surface area contributed by atoms with Gasteiger partial charge in [-0.3, -0.25) is 4.98 Å². The predicted octanol–water partition coefficient (Wildman–Crippen LogP) is 4.34. The molecule has 6 nitrogen and oxygen atoms in total. The molecular formula is C23H24ClN3O3S. The largest absolute Gasteiger partial charge is 0.356 e. The molecule has 0 amide bonds. The van der Waals surface area contributed by atoms with Gasteiger partial charge in [0.1, 0.15) is 11.6 Å². The van der Waals surface area contributed by atoms with Gasteiger partial charge in [-0.2, -0.15) is 4.31 Å². The van der Waals surface area contributed by atoms with E-state index in [2.05, 4.69) is 9.88 Å². The summed E-state index contributed by atoms with van der Waals surface area (Å²) in [6.45, 7) is 3.95. The summed E-state index contributed by atoms with van der Waals surface area (Å²) in [5.74, 6) is 0. The Hall–Kier alpha value is -2.19. The predicted molar refractivity (Wildman–Crippen MR) is 122 cm³/mol. The number of para-hydroxylation sites is 1. The van der Waals surface area contributed by atoms with Gasteiger partial charge in [0, 0.05) is 47.0 Å². The zero-order valence-corrected chi connectivity index (χ0v) is 18.9. The number of sulfonamides is 1. The van der Waals surface area contributed by atoms with Gasteiger partial charge < -0.3 is 9.64 Å². The molecule has 31 heavy (non-hydrogen) atoms. The first-order valence-corrected chi connectivity index (χ1v) is 12.2. The zero-order chi connectivity index (χ0) is 21.6. The second kappa shape index (κ2) is 8.06. The number of hydrogen-bond donors (Lipinski definition) is 0. The smallest absolute Gasteiger partial charge is 0.245 e. The van der Waals surface area contributed by atoms with Crippen LogP contribution in [-0.2, 0) is 21.4 Å². The second-order valence-electron chi connectivity index (χ2n) is 8.20. The molecule has 1 aromatic heterocycles. The average molecular weight is 458 g/mol. The number of rotatable bonds is 3. The molecule has 2 aliphatic heterocycles. The van der Waals surface area contributed by atoms with Crippen LogP contribution >= 0.6 is 11.6 Å². The number of benzene rings is 2. The number of piperidine rings is 1. The van der Waals surface area contributed by atoms with Crippen molar-refractivity contribution in [1.29, 1.82) is 0 Å². The molecule has 3 heterocycles. The van der Waals surface area contributed by atoms with E-state index in [9.17, 15) is 8.42 Å². The van der Waals surface area contributed by atoms with Crippen LogP contribution < -0.4 is 4.90 Å². The topological polar surface area (TPSA) is 62.7 Å². The van der Waals surface area contributed by atoms with Crippen molar-refractivity contribution in [2.45, 2.75) is 37.3 Å². The molecule has 0 N–H and O–H groups in total. The van der Waals surface area contributed by atoms with Crippen molar-refractivity contribution >= 4 is 38.2 Å². The van der Waals surface area contributed by atoms with Crippen molar-refractivity contribution in [2.75, 3.05) is 24.7 Å². The van der Waals surface area contributed by atoms with Gasteiger partial charge in [0.2, 0.25) is 10.0 Å². The monoisotopic (exact) mass is 457 g/mol. The minimum absolute atomic E-state index is 0.222. The molecule has 0 bridgehead atoms. The van der Waals surface area contributed by atoms with E-state index in [1.54, 1.807) is 22.6 Å². The lowest BCUT2D eigenvalue weighted by Gasteiger charge is -2.41. The van der Waals surface area contributed by atoms with Crippen molar-refractivity contribution in [3.63, 3.8) is 0 Å². The van der Waals surface area contributed by atoms with Crippen LogP contribution in [0.1, 0.15) is 24.0 Å². The zero-order valence-electron chi connectivity index (χ0n) is 17.3. The fourth-order valence-electron chi connectivity index (χ4n) is 4.56. The summed E-state index contributed by atoms with van der Waals surface area (Å²) < 4.78 is 34.2. The molecular weight excluding hydrogens is 434 g/mol. The van der Waals surface area contributed by atoms with Gasteiger partial charge >= 0.3 is 0 Å². The lowest BCUT2D eigenvalue weighted by molar-refractivity contribution is 0.0988. The van der Waals surface area contributed by atoms with Gasteiger partial charge in [-0.05, 0) is 55.7 Å². The second-order valence-corrected chi connectivity index (χ2v) is 10.5. The first-order valence-electron chi connectivity index (χ1n) is 10.4. The van der Waals surface area contributed by atoms with Crippen LogP contribution in [0, 0.1) is 6.92 Å². The van der Waals surface area contributed by atoms with Crippen LogP contribution in [0.5, 0.6) is 0 Å². The first-order chi connectivity index (χ1) is 14.9. The summed E-state index contributed by atoms with van der Waals surface area (Å²) in [7, 11) is -3.62. The third-order valence-electron chi connectivity index (χ3n) is 6.13. The molecule has 0 atom stereocenters. The summed E-state index contributed by atoms with van der Waals surface area (Å²) >= 11 is 6.14. The molecule has 1 fully saturated rings. The summed E-state index contributed by atoms with van der Waals surface area (Å²) in [4.78, 5) is 6.94. The summed E-state index contributed by atoms with van der Waals surface area (Å²) in [6, 6.07) is 13.4. The Bertz CT molecular complexity index is 1240. The van der Waals surface area contributed by atoms with E-state index in [1.165, 1.54) is 0 Å². The molecule has 8 heteroatoms. The molecule has 5 rings (SSSR count). The van der Waals surface area contributed by atoms with Gasteiger partial charge in [-0.1, -0.05) is 23.7 Å². The first kappa shape index (κ1) is 20.7. The number of hydrogen-bond acceptors (Lipinski definition) is 5. The van der Waals surface area contributed by atoms with E-state index < -0.39 is 10.0 Å². The molecule has 3 aromatic rings. The SMILES string of the molecule is Cc1cnc2c(S(=O)(=O)N3CCC(N4COCc5cc(Cl)ccc54)CC3)cccc2c1. The van der Waals surface area contributed by atoms with Crippen LogP contribution in [0.4, 0.5) is 5.69 Å². The number of nitrogens with zero attached hydrogens (tertiary/aromatic N) is 3. The number of aryl methyl sites for hydroxylation is 1. The number of aromatic nitrogens is 1. The maximum Gasteiger partial charge on any atom is 0.245 e. The lowest BCUT2D eigenvalue weighted by atomic mass is 10.0. The third kappa shape index (κ3) is 3.80. The van der Waals surface area contributed by atoms with Crippen LogP contribution in [0.2, 0.25) is 5.02 Å². The van der Waals surface area contributed by atoms with E-state index in [0.717, 1.165) is 35.0 Å². The number of halogens is 1. The Morgan fingerprint density at radius 2 is 1.94 bits per heavy atom. The van der Waals surface area contributed by atoms with E-state index in [-0.39, 0.29) is 10.9 Å². The molecule has 0 spiro atoms. The highest BCUT2D eigenvalue weighted by molar-refractivity contribution is 7.89. The summed E-state index contributed by atoms with van der Waals surface area (Å²) in [5, 5.41) is 1.54. The Morgan fingerprint density at radius 1 is 1.13 bits per heavy atom. The Kier molecular flexibility index (Phi) is 5.38. The molecule has 0 radical (unpaired) electrons. The van der Waals surface area contributed by atoms with Gasteiger partial charge in [-0.15, -0.1) is 0 Å². The van der Waals surface area contributed by atoms with Crippen molar-refractivity contribution in [3.8, 4) is 0 Å². The van der Waals surface area contributed by atoms with Gasteiger partial charge in [0.25, 0.3) is 0 Å². The van der Waals surface area contributed by atoms with Gasteiger partial charge in [0.05, 0.1) is 12.1 Å². The number of anilines is 1. The molecule has 162 valence electrons. The van der Waals surface area contributed by atoms with Crippen LogP contribution in [0.15, 0.2) is 53.6 Å². The van der Waals surface area contributed by atoms with Gasteiger partial charge in [0.15, 0.2) is 0 Å². The molecule has 2 aromatic carbocycles. The third-order valence-corrected chi connectivity index (χ3v) is 8.30. The average Bonchev–Trinajstić information content (AvgIpc) is 2.78.